The molecule has 1 fully saturated rings. The van der Waals surface area contributed by atoms with E-state index in [9.17, 15) is 15.0 Å². The van der Waals surface area contributed by atoms with Crippen molar-refractivity contribution in [1.29, 1.82) is 0 Å². The number of imidazole rings is 1. The highest BCUT2D eigenvalue weighted by molar-refractivity contribution is 5.94. The minimum Gasteiger partial charge on any atom is -0.465 e. The molecule has 0 radical (unpaired) electrons. The smallest absolute Gasteiger partial charge is 0.412 e. The summed E-state index contributed by atoms with van der Waals surface area (Å²) in [6.45, 7) is 4.67. The number of nitrogens with zero attached hydrogens (tertiary/aromatic N) is 5. The first kappa shape index (κ1) is 23.8. The Bertz CT molecular complexity index is 1150. The molecule has 1 atom stereocenters. The van der Waals surface area contributed by atoms with Crippen molar-refractivity contribution in [1.82, 2.24) is 24.6 Å². The highest BCUT2D eigenvalue weighted by Gasteiger charge is 2.30. The molecule has 0 bridgehead atoms. The van der Waals surface area contributed by atoms with Crippen LogP contribution in [0, 0.1) is 5.92 Å². The number of hydrogen-bond donors (Lipinski definition) is 3. The van der Waals surface area contributed by atoms with Crippen LogP contribution in [0.4, 0.5) is 10.5 Å². The number of aryl methyl sites for hydroxylation is 3. The molecule has 3 aromatic rings. The summed E-state index contributed by atoms with van der Waals surface area (Å²) in [7, 11) is 0. The van der Waals surface area contributed by atoms with E-state index in [2.05, 4.69) is 15.0 Å². The van der Waals surface area contributed by atoms with Gasteiger partial charge in [-0.05, 0) is 69.6 Å². The molecule has 3 N–H and O–H groups in total. The molecule has 2 aliphatic rings. The van der Waals surface area contributed by atoms with E-state index >= 15 is 0 Å². The SMILES string of the molecule is C[C@H]1CCc2c(ccc3c2nc(CCn2cccn2)n3CCNC2CCC(CO)CC2)N1C(=O)O. The number of fused-ring (bicyclic) bond motifs is 3. The van der Waals surface area contributed by atoms with Crippen LogP contribution >= 0.6 is 0 Å². The number of rotatable bonds is 8. The van der Waals surface area contributed by atoms with Crippen LogP contribution < -0.4 is 10.2 Å². The van der Waals surface area contributed by atoms with Crippen molar-refractivity contribution in [2.75, 3.05) is 18.1 Å². The summed E-state index contributed by atoms with van der Waals surface area (Å²) in [5.74, 6) is 1.47. The van der Waals surface area contributed by atoms with Crippen LogP contribution in [0.25, 0.3) is 11.0 Å². The van der Waals surface area contributed by atoms with E-state index in [4.69, 9.17) is 4.98 Å². The molecule has 3 heterocycles. The first-order valence-electron chi connectivity index (χ1n) is 12.9. The highest BCUT2D eigenvalue weighted by atomic mass is 16.4. The number of anilines is 1. The molecular weight excluding hydrogens is 444 g/mol. The zero-order valence-electron chi connectivity index (χ0n) is 20.4. The molecule has 1 saturated carbocycles. The van der Waals surface area contributed by atoms with Crippen LogP contribution in [0.5, 0.6) is 0 Å². The fourth-order valence-electron chi connectivity index (χ4n) is 5.79. The largest absolute Gasteiger partial charge is 0.465 e. The molecule has 1 amide bonds. The van der Waals surface area contributed by atoms with Gasteiger partial charge in [0.25, 0.3) is 0 Å². The number of aliphatic hydroxyl groups excluding tert-OH is 1. The number of carboxylic acid groups (broad SMARTS) is 1. The van der Waals surface area contributed by atoms with Gasteiger partial charge < -0.3 is 20.1 Å². The maximum Gasteiger partial charge on any atom is 0.412 e. The summed E-state index contributed by atoms with van der Waals surface area (Å²) in [5.41, 5.74) is 3.81. The zero-order chi connectivity index (χ0) is 24.4. The number of benzene rings is 1. The topological polar surface area (TPSA) is 108 Å². The molecule has 188 valence electrons. The second-order valence-corrected chi connectivity index (χ2v) is 10.0. The summed E-state index contributed by atoms with van der Waals surface area (Å²) in [5, 5.41) is 27.3. The number of aromatic nitrogens is 4. The fourth-order valence-corrected chi connectivity index (χ4v) is 5.79. The average Bonchev–Trinajstić information content (AvgIpc) is 3.50. The van der Waals surface area contributed by atoms with Gasteiger partial charge in [-0.3, -0.25) is 9.58 Å². The monoisotopic (exact) mass is 480 g/mol. The van der Waals surface area contributed by atoms with Crippen LogP contribution in [-0.2, 0) is 25.9 Å². The molecule has 9 nitrogen and oxygen atoms in total. The van der Waals surface area contributed by atoms with E-state index in [1.54, 1.807) is 6.20 Å². The van der Waals surface area contributed by atoms with Gasteiger partial charge in [-0.15, -0.1) is 0 Å². The third kappa shape index (κ3) is 4.92. The molecule has 35 heavy (non-hydrogen) atoms. The Morgan fingerprint density at radius 2 is 2.00 bits per heavy atom. The van der Waals surface area contributed by atoms with Gasteiger partial charge >= 0.3 is 6.09 Å². The number of amides is 1. The predicted octanol–water partition coefficient (Wildman–Crippen LogP) is 3.44. The molecule has 0 spiro atoms. The molecule has 5 rings (SSSR count). The third-order valence-corrected chi connectivity index (χ3v) is 7.80. The Balaban J connectivity index is 1.40. The van der Waals surface area contributed by atoms with Crippen molar-refractivity contribution in [2.24, 2.45) is 5.92 Å². The number of carbonyl (C=O) groups is 1. The maximum atomic E-state index is 12.0. The van der Waals surface area contributed by atoms with Crippen molar-refractivity contribution in [2.45, 2.75) is 77.0 Å². The van der Waals surface area contributed by atoms with Gasteiger partial charge in [0.1, 0.15) is 5.82 Å². The second-order valence-electron chi connectivity index (χ2n) is 10.0. The van der Waals surface area contributed by atoms with Crippen LogP contribution in [0.15, 0.2) is 30.6 Å². The first-order chi connectivity index (χ1) is 17.0. The van der Waals surface area contributed by atoms with E-state index in [1.165, 1.54) is 4.90 Å². The lowest BCUT2D eigenvalue weighted by Crippen LogP contribution is -2.41. The van der Waals surface area contributed by atoms with E-state index in [0.717, 1.165) is 92.7 Å². The van der Waals surface area contributed by atoms with E-state index in [0.29, 0.717) is 18.6 Å². The van der Waals surface area contributed by atoms with Gasteiger partial charge in [0.15, 0.2) is 0 Å². The summed E-state index contributed by atoms with van der Waals surface area (Å²) < 4.78 is 4.22. The second kappa shape index (κ2) is 10.4. The Morgan fingerprint density at radius 3 is 2.71 bits per heavy atom. The highest BCUT2D eigenvalue weighted by Crippen LogP contribution is 2.36. The lowest BCUT2D eigenvalue weighted by Gasteiger charge is -2.33. The van der Waals surface area contributed by atoms with Gasteiger partial charge in [-0.2, -0.15) is 5.10 Å². The quantitative estimate of drug-likeness (QED) is 0.456. The van der Waals surface area contributed by atoms with E-state index in [1.807, 2.05) is 36.0 Å². The van der Waals surface area contributed by atoms with Crippen LogP contribution in [-0.4, -0.2) is 60.9 Å². The standard InChI is InChI=1S/C26H36N6O3/c1-18-3-8-21-22(32(18)26(34)35)9-10-23-25(21)29-24(11-15-30-14-2-12-28-30)31(23)16-13-27-20-6-4-19(17-33)5-7-20/h2,9-10,12,14,18-20,27,33H,3-8,11,13,15-17H2,1H3,(H,34,35)/t18-,19?,20?/m0/s1. The number of hydrogen-bond acceptors (Lipinski definition) is 5. The molecule has 1 aliphatic carbocycles. The summed E-state index contributed by atoms with van der Waals surface area (Å²) in [4.78, 5) is 18.5. The molecule has 1 aromatic carbocycles. The normalized spacial score (nSPS) is 22.5. The van der Waals surface area contributed by atoms with Crippen LogP contribution in [0.2, 0.25) is 0 Å². The number of aliphatic hydroxyl groups is 1. The average molecular weight is 481 g/mol. The lowest BCUT2D eigenvalue weighted by molar-refractivity contribution is 0.175. The summed E-state index contributed by atoms with van der Waals surface area (Å²) >= 11 is 0. The Labute approximate surface area is 205 Å². The van der Waals surface area contributed by atoms with Crippen molar-refractivity contribution in [3.63, 3.8) is 0 Å². The first-order valence-corrected chi connectivity index (χ1v) is 12.9. The minimum atomic E-state index is -0.906. The fraction of sp³-hybridized carbons (Fsp3) is 0.577. The predicted molar refractivity (Wildman–Crippen MR) is 135 cm³/mol. The van der Waals surface area contributed by atoms with Crippen LogP contribution in [0.3, 0.4) is 0 Å². The van der Waals surface area contributed by atoms with Crippen molar-refractivity contribution < 1.29 is 15.0 Å². The Morgan fingerprint density at radius 1 is 1.17 bits per heavy atom. The minimum absolute atomic E-state index is 0.0380. The van der Waals surface area contributed by atoms with E-state index < -0.39 is 6.09 Å². The van der Waals surface area contributed by atoms with Gasteiger partial charge in [0.2, 0.25) is 0 Å². The summed E-state index contributed by atoms with van der Waals surface area (Å²) in [6.07, 6.45) is 9.62. The Kier molecular flexibility index (Phi) is 7.06. The van der Waals surface area contributed by atoms with Crippen molar-refractivity contribution in [3.8, 4) is 0 Å². The lowest BCUT2D eigenvalue weighted by atomic mass is 9.86. The maximum absolute atomic E-state index is 12.0. The Hall–Kier alpha value is -2.91. The molecule has 0 unspecified atom stereocenters. The van der Waals surface area contributed by atoms with Crippen LogP contribution in [0.1, 0.15) is 50.4 Å². The summed E-state index contributed by atoms with van der Waals surface area (Å²) in [6, 6.07) is 6.39. The zero-order valence-corrected chi connectivity index (χ0v) is 20.4. The molecule has 1 aliphatic heterocycles. The van der Waals surface area contributed by atoms with Gasteiger partial charge in [-0.25, -0.2) is 9.78 Å². The molecule has 9 heteroatoms. The van der Waals surface area contributed by atoms with Gasteiger partial charge in [0.05, 0.1) is 16.7 Å². The van der Waals surface area contributed by atoms with Gasteiger partial charge in [0, 0.05) is 62.7 Å². The van der Waals surface area contributed by atoms with Crippen molar-refractivity contribution >= 4 is 22.8 Å². The molecule has 2 aromatic heterocycles. The third-order valence-electron chi connectivity index (χ3n) is 7.80. The van der Waals surface area contributed by atoms with Gasteiger partial charge in [-0.1, -0.05) is 0 Å². The molecule has 0 saturated heterocycles. The van der Waals surface area contributed by atoms with E-state index in [-0.39, 0.29) is 6.04 Å². The number of nitrogens with one attached hydrogen (secondary N) is 1. The van der Waals surface area contributed by atoms with Crippen molar-refractivity contribution in [3.05, 3.63) is 42.0 Å². The molecular formula is C26H36N6O3.